The highest BCUT2D eigenvalue weighted by Gasteiger charge is 2.28. The summed E-state index contributed by atoms with van der Waals surface area (Å²) >= 11 is 0. The molecule has 2 aromatic rings. The van der Waals surface area contributed by atoms with Crippen LogP contribution in [0.15, 0.2) is 36.5 Å². The Hall–Kier alpha value is -2.35. The predicted octanol–water partition coefficient (Wildman–Crippen LogP) is 2.66. The van der Waals surface area contributed by atoms with Crippen LogP contribution < -0.4 is 15.4 Å². The molecule has 1 atom stereocenters. The quantitative estimate of drug-likeness (QED) is 0.780. The topological polar surface area (TPSA) is 97.4 Å². The maximum Gasteiger partial charge on any atom is 0.315 e. The van der Waals surface area contributed by atoms with Gasteiger partial charge in [-0.1, -0.05) is 6.07 Å². The summed E-state index contributed by atoms with van der Waals surface area (Å²) in [5.41, 5.74) is 0.953. The first-order chi connectivity index (χ1) is 14.0. The summed E-state index contributed by atoms with van der Waals surface area (Å²) in [6.45, 7) is 0.417. The first kappa shape index (κ1) is 19.9. The van der Waals surface area contributed by atoms with Crippen molar-refractivity contribution >= 4 is 26.8 Å². The summed E-state index contributed by atoms with van der Waals surface area (Å²) in [7, 11) is -2.90. The third-order valence-electron chi connectivity index (χ3n) is 5.76. The molecule has 1 aliphatic carbocycles. The van der Waals surface area contributed by atoms with Crippen molar-refractivity contribution < 1.29 is 17.9 Å². The molecule has 156 valence electrons. The standard InChI is InChI=1S/C21H27N3O4S/c25-21(23-13-15-9-11-29(26,27)14-15)24-17-3-5-18(6-4-17)28-19-7-8-20-16(12-19)2-1-10-22-20/h1-2,7-8,10,12,15,17-18H,3-6,9,11,13-14H2,(H2,23,24,25). The van der Waals surface area contributed by atoms with Gasteiger partial charge < -0.3 is 15.4 Å². The summed E-state index contributed by atoms with van der Waals surface area (Å²) in [6.07, 6.45) is 6.07. The molecule has 2 N–H and O–H groups in total. The Balaban J connectivity index is 1.19. The van der Waals surface area contributed by atoms with E-state index >= 15 is 0 Å². The van der Waals surface area contributed by atoms with Gasteiger partial charge in [0.05, 0.1) is 23.1 Å². The number of hydrogen-bond acceptors (Lipinski definition) is 5. The van der Waals surface area contributed by atoms with Crippen LogP contribution in [0.4, 0.5) is 4.79 Å². The fourth-order valence-electron chi connectivity index (χ4n) is 4.15. The van der Waals surface area contributed by atoms with Gasteiger partial charge in [0.2, 0.25) is 0 Å². The van der Waals surface area contributed by atoms with Crippen LogP contribution in [0.25, 0.3) is 10.9 Å². The van der Waals surface area contributed by atoms with Gasteiger partial charge in [0.1, 0.15) is 5.75 Å². The molecular formula is C21H27N3O4S. The number of hydrogen-bond donors (Lipinski definition) is 2. The molecule has 2 aliphatic rings. The van der Waals surface area contributed by atoms with Crippen molar-refractivity contribution in [3.8, 4) is 5.75 Å². The summed E-state index contributed by atoms with van der Waals surface area (Å²) in [5, 5.41) is 6.90. The molecule has 0 spiro atoms. The predicted molar refractivity (Wildman–Crippen MR) is 112 cm³/mol. The Bertz CT molecular complexity index is 971. The minimum Gasteiger partial charge on any atom is -0.490 e. The van der Waals surface area contributed by atoms with Crippen LogP contribution >= 0.6 is 0 Å². The van der Waals surface area contributed by atoms with E-state index in [2.05, 4.69) is 15.6 Å². The molecule has 2 heterocycles. The Morgan fingerprint density at radius 2 is 1.97 bits per heavy atom. The van der Waals surface area contributed by atoms with Crippen molar-refractivity contribution in [2.75, 3.05) is 18.1 Å². The molecule has 4 rings (SSSR count). The third-order valence-corrected chi connectivity index (χ3v) is 7.60. The zero-order chi connectivity index (χ0) is 20.3. The Morgan fingerprint density at radius 3 is 2.72 bits per heavy atom. The van der Waals surface area contributed by atoms with E-state index in [0.29, 0.717) is 13.0 Å². The number of carbonyl (C=O) groups is 1. The number of sulfone groups is 1. The number of pyridine rings is 1. The number of ether oxygens (including phenoxy) is 1. The zero-order valence-electron chi connectivity index (χ0n) is 16.3. The summed E-state index contributed by atoms with van der Waals surface area (Å²) in [5.74, 6) is 1.30. The fraction of sp³-hybridized carbons (Fsp3) is 0.524. The van der Waals surface area contributed by atoms with Crippen LogP contribution in [0.1, 0.15) is 32.1 Å². The SMILES string of the molecule is O=C(NCC1CCS(=O)(=O)C1)NC1CCC(Oc2ccc3ncccc3c2)CC1. The van der Waals surface area contributed by atoms with E-state index in [0.717, 1.165) is 42.3 Å². The lowest BCUT2D eigenvalue weighted by Gasteiger charge is -2.29. The van der Waals surface area contributed by atoms with Crippen molar-refractivity contribution in [3.63, 3.8) is 0 Å². The van der Waals surface area contributed by atoms with Crippen molar-refractivity contribution in [3.05, 3.63) is 36.5 Å². The molecule has 29 heavy (non-hydrogen) atoms. The number of nitrogens with zero attached hydrogens (tertiary/aromatic N) is 1. The van der Waals surface area contributed by atoms with Crippen LogP contribution in [0.3, 0.4) is 0 Å². The summed E-state index contributed by atoms with van der Waals surface area (Å²) < 4.78 is 29.1. The summed E-state index contributed by atoms with van der Waals surface area (Å²) in [6, 6.07) is 9.80. The van der Waals surface area contributed by atoms with Crippen LogP contribution in [-0.4, -0.2) is 49.6 Å². The van der Waals surface area contributed by atoms with E-state index in [1.165, 1.54) is 0 Å². The first-order valence-corrected chi connectivity index (χ1v) is 12.1. The van der Waals surface area contributed by atoms with Crippen molar-refractivity contribution in [1.29, 1.82) is 0 Å². The average Bonchev–Trinajstić information content (AvgIpc) is 3.07. The zero-order valence-corrected chi connectivity index (χ0v) is 17.2. The highest BCUT2D eigenvalue weighted by atomic mass is 32.2. The second kappa shape index (κ2) is 8.57. The van der Waals surface area contributed by atoms with E-state index in [1.54, 1.807) is 6.20 Å². The molecule has 1 saturated heterocycles. The number of amides is 2. The lowest BCUT2D eigenvalue weighted by Crippen LogP contribution is -2.45. The molecular weight excluding hydrogens is 390 g/mol. The molecule has 1 unspecified atom stereocenters. The Morgan fingerprint density at radius 1 is 1.14 bits per heavy atom. The molecule has 1 aromatic heterocycles. The second-order valence-electron chi connectivity index (χ2n) is 8.07. The third kappa shape index (κ3) is 5.38. The minimum atomic E-state index is -2.90. The van der Waals surface area contributed by atoms with E-state index in [-0.39, 0.29) is 35.6 Å². The first-order valence-electron chi connectivity index (χ1n) is 10.2. The van der Waals surface area contributed by atoms with Gasteiger partial charge in [-0.05, 0) is 62.3 Å². The molecule has 1 aromatic carbocycles. The molecule has 1 saturated carbocycles. The number of carbonyl (C=O) groups excluding carboxylic acids is 1. The maximum absolute atomic E-state index is 12.1. The van der Waals surface area contributed by atoms with Gasteiger partial charge in [-0.15, -0.1) is 0 Å². The van der Waals surface area contributed by atoms with Crippen LogP contribution in [0.5, 0.6) is 5.75 Å². The van der Waals surface area contributed by atoms with Crippen LogP contribution in [0, 0.1) is 5.92 Å². The highest BCUT2D eigenvalue weighted by Crippen LogP contribution is 2.26. The van der Waals surface area contributed by atoms with Gasteiger partial charge in [0, 0.05) is 24.2 Å². The van der Waals surface area contributed by atoms with E-state index in [4.69, 9.17) is 4.74 Å². The average molecular weight is 418 g/mol. The summed E-state index contributed by atoms with van der Waals surface area (Å²) in [4.78, 5) is 16.4. The monoisotopic (exact) mass is 417 g/mol. The van der Waals surface area contributed by atoms with Gasteiger partial charge in [0.25, 0.3) is 0 Å². The largest absolute Gasteiger partial charge is 0.490 e. The van der Waals surface area contributed by atoms with E-state index in [9.17, 15) is 13.2 Å². The molecule has 2 amide bonds. The van der Waals surface area contributed by atoms with Gasteiger partial charge in [-0.3, -0.25) is 4.98 Å². The smallest absolute Gasteiger partial charge is 0.315 e. The van der Waals surface area contributed by atoms with E-state index in [1.807, 2.05) is 30.3 Å². The number of urea groups is 1. The van der Waals surface area contributed by atoms with Gasteiger partial charge >= 0.3 is 6.03 Å². The number of nitrogens with one attached hydrogen (secondary N) is 2. The number of rotatable bonds is 5. The van der Waals surface area contributed by atoms with Crippen LogP contribution in [-0.2, 0) is 9.84 Å². The highest BCUT2D eigenvalue weighted by molar-refractivity contribution is 7.91. The fourth-order valence-corrected chi connectivity index (χ4v) is 6.01. The lowest BCUT2D eigenvalue weighted by atomic mass is 9.93. The van der Waals surface area contributed by atoms with Crippen molar-refractivity contribution in [2.45, 2.75) is 44.2 Å². The number of benzene rings is 1. The molecule has 1 aliphatic heterocycles. The Labute approximate surface area is 171 Å². The second-order valence-corrected chi connectivity index (χ2v) is 10.3. The van der Waals surface area contributed by atoms with Gasteiger partial charge in [-0.2, -0.15) is 0 Å². The molecule has 2 fully saturated rings. The molecule has 7 nitrogen and oxygen atoms in total. The molecule has 0 bridgehead atoms. The van der Waals surface area contributed by atoms with Crippen molar-refractivity contribution in [1.82, 2.24) is 15.6 Å². The van der Waals surface area contributed by atoms with E-state index < -0.39 is 9.84 Å². The lowest BCUT2D eigenvalue weighted by molar-refractivity contribution is 0.140. The normalized spacial score (nSPS) is 26.1. The minimum absolute atomic E-state index is 0.0343. The van der Waals surface area contributed by atoms with Gasteiger partial charge in [-0.25, -0.2) is 13.2 Å². The van der Waals surface area contributed by atoms with Crippen molar-refractivity contribution in [2.24, 2.45) is 5.92 Å². The number of aromatic nitrogens is 1. The Kier molecular flexibility index (Phi) is 5.89. The molecule has 0 radical (unpaired) electrons. The molecule has 8 heteroatoms. The van der Waals surface area contributed by atoms with Gasteiger partial charge in [0.15, 0.2) is 9.84 Å². The number of fused-ring (bicyclic) bond motifs is 1. The van der Waals surface area contributed by atoms with Crippen LogP contribution in [0.2, 0.25) is 0 Å². The maximum atomic E-state index is 12.1.